The van der Waals surface area contributed by atoms with Crippen molar-refractivity contribution in [2.24, 2.45) is 17.9 Å². The molecule has 1 aromatic carbocycles. The molecule has 11 nitrogen and oxygen atoms in total. The number of anilines is 2. The van der Waals surface area contributed by atoms with Crippen molar-refractivity contribution in [3.8, 4) is 22.3 Å². The number of nitrogens with one attached hydrogen (secondary N) is 2. The molecule has 4 aliphatic rings. The Morgan fingerprint density at radius 2 is 1.05 bits per heavy atom. The maximum atomic E-state index is 12.3. The second-order valence-corrected chi connectivity index (χ2v) is 18.2. The Morgan fingerprint density at radius 1 is 0.583 bits per heavy atom. The number of amides is 2. The Hall–Kier alpha value is -3.46. The molecule has 0 atom stereocenters. The second kappa shape index (κ2) is 20.6. The van der Waals surface area contributed by atoms with Crippen molar-refractivity contribution in [3.63, 3.8) is 0 Å². The fourth-order valence-electron chi connectivity index (χ4n) is 8.18. The van der Waals surface area contributed by atoms with Crippen LogP contribution in [0.2, 0.25) is 20.1 Å². The molecular formula is C43H49Br2Cl4N9O2. The summed E-state index contributed by atoms with van der Waals surface area (Å²) in [5, 5.41) is 12.5. The van der Waals surface area contributed by atoms with E-state index in [4.69, 9.17) is 46.4 Å². The summed E-state index contributed by atoms with van der Waals surface area (Å²) in [6, 6.07) is 8.42. The van der Waals surface area contributed by atoms with E-state index in [0.717, 1.165) is 120 Å². The molecule has 4 aromatic heterocycles. The van der Waals surface area contributed by atoms with Crippen LogP contribution in [0, 0.1) is 10.8 Å². The van der Waals surface area contributed by atoms with Crippen molar-refractivity contribution in [2.45, 2.75) is 53.4 Å². The first kappa shape index (κ1) is 47.6. The van der Waals surface area contributed by atoms with Crippen molar-refractivity contribution in [1.29, 1.82) is 0 Å². The molecule has 0 aliphatic carbocycles. The van der Waals surface area contributed by atoms with Crippen LogP contribution in [0.15, 0.2) is 82.8 Å². The van der Waals surface area contributed by atoms with E-state index in [2.05, 4.69) is 96.6 Å². The molecule has 2 spiro atoms. The number of aromatic nitrogens is 5. The number of carbonyl (C=O) groups is 2. The van der Waals surface area contributed by atoms with Gasteiger partial charge in [0.15, 0.2) is 0 Å². The first-order valence-electron chi connectivity index (χ1n) is 18.9. The third kappa shape index (κ3) is 10.2. The van der Waals surface area contributed by atoms with Crippen molar-refractivity contribution in [2.75, 3.05) is 49.1 Å². The molecule has 17 heteroatoms. The van der Waals surface area contributed by atoms with E-state index in [1.54, 1.807) is 29.5 Å². The van der Waals surface area contributed by atoms with Gasteiger partial charge in [-0.25, -0.2) is 0 Å². The van der Waals surface area contributed by atoms with Gasteiger partial charge in [-0.15, -0.1) is 0 Å². The topological polar surface area (TPSA) is 121 Å². The lowest BCUT2D eigenvalue weighted by Crippen LogP contribution is -2.44. The van der Waals surface area contributed by atoms with Gasteiger partial charge in [-0.3, -0.25) is 29.2 Å². The van der Waals surface area contributed by atoms with Crippen LogP contribution in [0.3, 0.4) is 0 Å². The number of hydrogen-bond acceptors (Lipinski definition) is 8. The first-order chi connectivity index (χ1) is 27.9. The molecule has 2 N–H and O–H groups in total. The Balaban J connectivity index is 0.000000194. The largest absolute Gasteiger partial charge is 0.370 e. The van der Waals surface area contributed by atoms with Crippen LogP contribution < -0.4 is 20.4 Å². The predicted molar refractivity (Wildman–Crippen MR) is 252 cm³/mol. The zero-order chi connectivity index (χ0) is 41.0. The van der Waals surface area contributed by atoms with Gasteiger partial charge in [0, 0.05) is 101 Å². The van der Waals surface area contributed by atoms with Crippen molar-refractivity contribution >= 4 is 101 Å². The summed E-state index contributed by atoms with van der Waals surface area (Å²) in [7, 11) is 1.92. The molecule has 0 bridgehead atoms. The number of nitrogens with zero attached hydrogens (tertiary/aromatic N) is 7. The average Bonchev–Trinajstić information content (AvgIpc) is 3.93. The van der Waals surface area contributed by atoms with Gasteiger partial charge >= 0.3 is 0 Å². The summed E-state index contributed by atoms with van der Waals surface area (Å²) < 4.78 is 3.43. The molecule has 9 rings (SSSR count). The highest BCUT2D eigenvalue weighted by Gasteiger charge is 2.46. The molecule has 4 saturated heterocycles. The zero-order valence-corrected chi connectivity index (χ0v) is 37.8. The van der Waals surface area contributed by atoms with Crippen molar-refractivity contribution < 1.29 is 9.59 Å². The van der Waals surface area contributed by atoms with Gasteiger partial charge in [0.25, 0.3) is 0 Å². The van der Waals surface area contributed by atoms with Gasteiger partial charge in [-0.2, -0.15) is 5.10 Å². The standard InChI is InChI=1S/C23H24ClN5O.C13H15BrClN3O.C5H2BrCl2N.2CH4/c1-28-15-18(12-27-28)16-2-4-17(5-3-16)19-13-25-14-20(24)21(19)29-10-7-23(8-11-29)6-9-26-22(23)30;14-9-7-16-8-10(15)11(9)18-5-2-13(3-6-18)1-4-17-12(13)19;6-3-1-9-2-4(7)5(3)8;;/h2-5,12-15H,6-11H2,1H3,(H,26,30);7-8H,1-6H2,(H,17,19);1-2H;2*1H4. The summed E-state index contributed by atoms with van der Waals surface area (Å²) in [5.74, 6) is 0.446. The highest BCUT2D eigenvalue weighted by atomic mass is 79.9. The number of rotatable bonds is 4. The minimum absolute atomic E-state index is 0. The molecule has 60 heavy (non-hydrogen) atoms. The molecule has 0 unspecified atom stereocenters. The van der Waals surface area contributed by atoms with Gasteiger partial charge in [0.1, 0.15) is 0 Å². The van der Waals surface area contributed by atoms with Crippen molar-refractivity contribution in [3.05, 3.63) is 103 Å². The Morgan fingerprint density at radius 3 is 1.50 bits per heavy atom. The third-order valence-electron chi connectivity index (χ3n) is 11.5. The van der Waals surface area contributed by atoms with Gasteiger partial charge in [-0.1, -0.05) is 85.5 Å². The molecule has 0 saturated carbocycles. The van der Waals surface area contributed by atoms with Crippen LogP contribution in [0.25, 0.3) is 22.3 Å². The Kier molecular flexibility index (Phi) is 16.3. The molecule has 320 valence electrons. The van der Waals surface area contributed by atoms with Gasteiger partial charge < -0.3 is 20.4 Å². The van der Waals surface area contributed by atoms with E-state index in [1.807, 2.05) is 25.6 Å². The molecule has 4 fully saturated rings. The molecule has 0 radical (unpaired) electrons. The van der Waals surface area contributed by atoms with Crippen LogP contribution in [-0.4, -0.2) is 75.8 Å². The third-order valence-corrected chi connectivity index (χ3v) is 14.3. The highest BCUT2D eigenvalue weighted by Crippen LogP contribution is 2.44. The van der Waals surface area contributed by atoms with Gasteiger partial charge in [0.05, 0.1) is 57.4 Å². The Labute approximate surface area is 389 Å². The summed E-state index contributed by atoms with van der Waals surface area (Å²) in [5.41, 5.74) is 5.97. The first-order valence-corrected chi connectivity index (χ1v) is 22.0. The van der Waals surface area contributed by atoms with E-state index >= 15 is 0 Å². The summed E-state index contributed by atoms with van der Waals surface area (Å²) in [6.45, 7) is 4.96. The molecule has 8 heterocycles. The summed E-state index contributed by atoms with van der Waals surface area (Å²) in [6.07, 6.45) is 19.4. The Bertz CT molecular complexity index is 2240. The molecular weight excluding hydrogens is 976 g/mol. The average molecular weight is 1030 g/mol. The number of carbonyl (C=O) groups excluding carboxylic acids is 2. The van der Waals surface area contributed by atoms with E-state index in [9.17, 15) is 9.59 Å². The van der Waals surface area contributed by atoms with Crippen LogP contribution >= 0.6 is 78.3 Å². The number of pyridine rings is 3. The number of piperidine rings is 2. The number of halogens is 6. The summed E-state index contributed by atoms with van der Waals surface area (Å²) >= 11 is 30.8. The normalized spacial score (nSPS) is 17.4. The number of benzene rings is 1. The summed E-state index contributed by atoms with van der Waals surface area (Å²) in [4.78, 5) is 41.0. The van der Waals surface area contributed by atoms with Crippen LogP contribution in [0.5, 0.6) is 0 Å². The lowest BCUT2D eigenvalue weighted by atomic mass is 9.77. The fourth-order valence-corrected chi connectivity index (χ4v) is 10.1. The van der Waals surface area contributed by atoms with Crippen LogP contribution in [0.1, 0.15) is 53.4 Å². The maximum absolute atomic E-state index is 12.3. The minimum Gasteiger partial charge on any atom is -0.370 e. The molecule has 4 aliphatic heterocycles. The van der Waals surface area contributed by atoms with E-state index < -0.39 is 0 Å². The van der Waals surface area contributed by atoms with Crippen molar-refractivity contribution in [1.82, 2.24) is 35.4 Å². The van der Waals surface area contributed by atoms with E-state index in [1.165, 1.54) is 6.20 Å². The monoisotopic (exact) mass is 1020 g/mol. The predicted octanol–water partition coefficient (Wildman–Crippen LogP) is 10.9. The number of hydrogen-bond donors (Lipinski definition) is 2. The van der Waals surface area contributed by atoms with Gasteiger partial charge in [-0.05, 0) is 81.5 Å². The fraction of sp³-hybridized carbons (Fsp3) is 0.395. The highest BCUT2D eigenvalue weighted by molar-refractivity contribution is 9.11. The second-order valence-electron chi connectivity index (χ2n) is 14.9. The van der Waals surface area contributed by atoms with Crippen LogP contribution in [0.4, 0.5) is 11.4 Å². The van der Waals surface area contributed by atoms with Gasteiger partial charge in [0.2, 0.25) is 11.8 Å². The molecule has 5 aromatic rings. The maximum Gasteiger partial charge on any atom is 0.226 e. The SMILES string of the molecule is C.C.Clc1cncc(Br)c1Cl.Cn1cc(-c2ccc(-c3cncc(Cl)c3N3CCC4(CCNC4=O)CC3)cc2)cn1.O=C1NCCC12CCN(c1c(Cl)cncc1Br)CC2. The quantitative estimate of drug-likeness (QED) is 0.183. The van der Waals surface area contributed by atoms with E-state index in [0.29, 0.717) is 20.1 Å². The minimum atomic E-state index is -0.193. The smallest absolute Gasteiger partial charge is 0.226 e. The molecule has 2 amide bonds. The number of aryl methyl sites for hydroxylation is 1. The zero-order valence-electron chi connectivity index (χ0n) is 31.6. The van der Waals surface area contributed by atoms with Crippen LogP contribution in [-0.2, 0) is 16.6 Å². The lowest BCUT2D eigenvalue weighted by Gasteiger charge is -2.39. The van der Waals surface area contributed by atoms with E-state index in [-0.39, 0.29) is 37.5 Å². The lowest BCUT2D eigenvalue weighted by molar-refractivity contribution is -0.129.